The van der Waals surface area contributed by atoms with Crippen molar-refractivity contribution in [2.24, 2.45) is 0 Å². The molecule has 2 aliphatic rings. The van der Waals surface area contributed by atoms with Gasteiger partial charge in [-0.05, 0) is 10.8 Å². The molecule has 12 heavy (non-hydrogen) atoms. The molecule has 0 spiro atoms. The molecule has 0 amide bonds. The summed E-state index contributed by atoms with van der Waals surface area (Å²) in [4.78, 5) is 0. The van der Waals surface area contributed by atoms with Crippen LogP contribution >= 0.6 is 23.5 Å². The summed E-state index contributed by atoms with van der Waals surface area (Å²) in [5, 5.41) is 10.9. The molecule has 65 valence electrons. The second-order valence-electron chi connectivity index (χ2n) is 2.14. The van der Waals surface area contributed by atoms with E-state index in [2.05, 4.69) is 10.6 Å². The highest BCUT2D eigenvalue weighted by molar-refractivity contribution is 8.22. The van der Waals surface area contributed by atoms with Gasteiger partial charge in [0.15, 0.2) is 0 Å². The zero-order valence-corrected chi connectivity index (χ0v) is 8.49. The van der Waals surface area contributed by atoms with E-state index in [9.17, 15) is 4.55 Å². The number of hydrogen-bond donors (Lipinski definition) is 1. The van der Waals surface area contributed by atoms with E-state index in [1.807, 2.05) is 17.0 Å². The maximum atomic E-state index is 11.7. The Balaban J connectivity index is 1.87. The fourth-order valence-corrected chi connectivity index (χ4v) is 4.46. The summed E-state index contributed by atoms with van der Waals surface area (Å²) in [5.41, 5.74) is 0. The van der Waals surface area contributed by atoms with Gasteiger partial charge < -0.3 is 9.87 Å². The second-order valence-corrected chi connectivity index (χ2v) is 6.32. The molecule has 6 heteroatoms. The fraction of sp³-hybridized carbons (Fsp3) is 0.333. The molecule has 2 rings (SSSR count). The maximum Gasteiger partial charge on any atom is 0.259 e. The predicted octanol–water partition coefficient (Wildman–Crippen LogP) is 0.932. The highest BCUT2D eigenvalue weighted by Gasteiger charge is 2.34. The Morgan fingerprint density at radius 1 is 1.42 bits per heavy atom. The van der Waals surface area contributed by atoms with Crippen LogP contribution in [-0.2, 0) is 11.2 Å². The monoisotopic (exact) mass is 219 g/mol. The summed E-state index contributed by atoms with van der Waals surface area (Å²) in [6.07, 6.45) is 3.53. The van der Waals surface area contributed by atoms with Gasteiger partial charge in [-0.25, -0.2) is 5.32 Å². The van der Waals surface area contributed by atoms with Crippen molar-refractivity contribution < 1.29 is 4.55 Å². The van der Waals surface area contributed by atoms with Crippen LogP contribution in [0.2, 0.25) is 0 Å². The van der Waals surface area contributed by atoms with Crippen LogP contribution in [0.3, 0.4) is 0 Å². The molecule has 0 bridgehead atoms. The number of rotatable bonds is 2. The fourth-order valence-electron chi connectivity index (χ4n) is 0.853. The predicted molar refractivity (Wildman–Crippen MR) is 54.5 cm³/mol. The Morgan fingerprint density at radius 2 is 2.33 bits per heavy atom. The van der Waals surface area contributed by atoms with E-state index in [0.29, 0.717) is 0 Å². The zero-order valence-electron chi connectivity index (χ0n) is 6.04. The van der Waals surface area contributed by atoms with Gasteiger partial charge in [0.05, 0.1) is 0 Å². The SMILES string of the molecule is [O-][S+](C1[N]C=CS1)C1NC=CS1. The average molecular weight is 219 g/mol. The van der Waals surface area contributed by atoms with Gasteiger partial charge in [0.25, 0.3) is 4.71 Å². The lowest BCUT2D eigenvalue weighted by Crippen LogP contribution is -2.36. The first kappa shape index (κ1) is 8.68. The molecule has 3 nitrogen and oxygen atoms in total. The number of nitrogens with one attached hydrogen (secondary N) is 1. The summed E-state index contributed by atoms with van der Waals surface area (Å²) in [6.45, 7) is 0. The molecule has 1 radical (unpaired) electrons. The first-order valence-corrected chi connectivity index (χ1v) is 6.50. The summed E-state index contributed by atoms with van der Waals surface area (Å²) < 4.78 is 11.5. The lowest BCUT2D eigenvalue weighted by molar-refractivity contribution is 0.582. The van der Waals surface area contributed by atoms with Gasteiger partial charge in [-0.1, -0.05) is 23.5 Å². The average Bonchev–Trinajstić information content (AvgIpc) is 2.77. The van der Waals surface area contributed by atoms with E-state index in [1.165, 1.54) is 11.8 Å². The molecule has 0 saturated carbocycles. The minimum atomic E-state index is -0.948. The molecular formula is C6H7N2OS3. The van der Waals surface area contributed by atoms with Crippen LogP contribution in [0, 0.1) is 0 Å². The van der Waals surface area contributed by atoms with Gasteiger partial charge >= 0.3 is 0 Å². The molecule has 0 aliphatic carbocycles. The van der Waals surface area contributed by atoms with Crippen molar-refractivity contribution in [2.45, 2.75) is 9.41 Å². The van der Waals surface area contributed by atoms with E-state index in [-0.39, 0.29) is 9.41 Å². The van der Waals surface area contributed by atoms with Crippen molar-refractivity contribution in [3.63, 3.8) is 0 Å². The van der Waals surface area contributed by atoms with E-state index in [1.54, 1.807) is 18.0 Å². The quantitative estimate of drug-likeness (QED) is 0.702. The summed E-state index contributed by atoms with van der Waals surface area (Å²) in [7, 11) is 0. The first-order chi connectivity index (χ1) is 5.88. The van der Waals surface area contributed by atoms with Crippen LogP contribution in [0.1, 0.15) is 0 Å². The van der Waals surface area contributed by atoms with Gasteiger partial charge in [-0.15, -0.1) is 0 Å². The van der Waals surface area contributed by atoms with Gasteiger partial charge in [-0.3, -0.25) is 0 Å². The molecule has 0 aromatic carbocycles. The highest BCUT2D eigenvalue weighted by atomic mass is 32.3. The van der Waals surface area contributed by atoms with Crippen LogP contribution in [0.15, 0.2) is 23.2 Å². The highest BCUT2D eigenvalue weighted by Crippen LogP contribution is 2.30. The van der Waals surface area contributed by atoms with Gasteiger partial charge in [0.2, 0.25) is 4.71 Å². The normalized spacial score (nSPS) is 34.8. The van der Waals surface area contributed by atoms with Crippen molar-refractivity contribution in [1.29, 1.82) is 0 Å². The third kappa shape index (κ3) is 1.71. The number of thioether (sulfide) groups is 2. The molecule has 0 fully saturated rings. The summed E-state index contributed by atoms with van der Waals surface area (Å²) in [5.74, 6) is 0. The minimum absolute atomic E-state index is 0.0221. The smallest absolute Gasteiger partial charge is 0.259 e. The van der Waals surface area contributed by atoms with Crippen molar-refractivity contribution >= 4 is 34.7 Å². The minimum Gasteiger partial charge on any atom is -0.612 e. The molecule has 0 saturated heterocycles. The van der Waals surface area contributed by atoms with E-state index in [0.717, 1.165) is 0 Å². The molecular weight excluding hydrogens is 212 g/mol. The molecule has 3 atom stereocenters. The Hall–Kier alpha value is 0.0900. The van der Waals surface area contributed by atoms with Crippen molar-refractivity contribution in [3.05, 3.63) is 23.2 Å². The third-order valence-electron chi connectivity index (χ3n) is 1.38. The Morgan fingerprint density at radius 3 is 2.92 bits per heavy atom. The van der Waals surface area contributed by atoms with Crippen LogP contribution in [0.5, 0.6) is 0 Å². The van der Waals surface area contributed by atoms with Crippen LogP contribution in [0.4, 0.5) is 0 Å². The standard InChI is InChI=1S/C6H7N2OS3/c9-12(5-7-1-3-10-5)6-8-2-4-11-6/h1-7H. The lowest BCUT2D eigenvalue weighted by atomic mass is 11.0. The van der Waals surface area contributed by atoms with Gasteiger partial charge in [0.1, 0.15) is 0 Å². The van der Waals surface area contributed by atoms with Crippen LogP contribution in [0.25, 0.3) is 0 Å². The largest absolute Gasteiger partial charge is 0.612 e. The van der Waals surface area contributed by atoms with Crippen LogP contribution < -0.4 is 10.6 Å². The van der Waals surface area contributed by atoms with E-state index in [4.69, 9.17) is 0 Å². The maximum absolute atomic E-state index is 11.7. The van der Waals surface area contributed by atoms with E-state index < -0.39 is 11.2 Å². The zero-order chi connectivity index (χ0) is 8.39. The van der Waals surface area contributed by atoms with Gasteiger partial charge in [0, 0.05) is 23.6 Å². The van der Waals surface area contributed by atoms with Crippen LogP contribution in [-0.4, -0.2) is 14.0 Å². The molecule has 0 aromatic heterocycles. The molecule has 1 N–H and O–H groups in total. The Labute approximate surface area is 82.6 Å². The summed E-state index contributed by atoms with van der Waals surface area (Å²) in [6, 6.07) is 0. The Bertz CT molecular complexity index is 183. The lowest BCUT2D eigenvalue weighted by Gasteiger charge is -2.20. The van der Waals surface area contributed by atoms with Crippen molar-refractivity contribution in [1.82, 2.24) is 10.6 Å². The number of hydrogen-bond acceptors (Lipinski definition) is 4. The van der Waals surface area contributed by atoms with Gasteiger partial charge in [-0.2, -0.15) is 0 Å². The molecule has 3 unspecified atom stereocenters. The second kappa shape index (κ2) is 3.87. The Kier molecular flexibility index (Phi) is 2.80. The molecule has 0 aromatic rings. The number of nitrogens with zero attached hydrogens (tertiary/aromatic N) is 1. The van der Waals surface area contributed by atoms with Crippen molar-refractivity contribution in [3.8, 4) is 0 Å². The topological polar surface area (TPSA) is 49.2 Å². The summed E-state index contributed by atoms with van der Waals surface area (Å²) >= 11 is 2.11. The van der Waals surface area contributed by atoms with E-state index >= 15 is 0 Å². The molecule has 2 aliphatic heterocycles. The first-order valence-electron chi connectivity index (χ1n) is 3.34. The molecule has 2 heterocycles. The third-order valence-corrected chi connectivity index (χ3v) is 5.57. The van der Waals surface area contributed by atoms with Crippen molar-refractivity contribution in [2.75, 3.05) is 0 Å².